The predicted octanol–water partition coefficient (Wildman–Crippen LogP) is 5.43. The zero-order valence-corrected chi connectivity index (χ0v) is 16.4. The second-order valence-electron chi connectivity index (χ2n) is 7.16. The molecule has 0 radical (unpaired) electrons. The van der Waals surface area contributed by atoms with Crippen LogP contribution < -0.4 is 4.90 Å². The van der Waals surface area contributed by atoms with E-state index in [1.165, 1.54) is 17.0 Å². The Morgan fingerprint density at radius 3 is 2.48 bits per heavy atom. The summed E-state index contributed by atoms with van der Waals surface area (Å²) in [6.07, 6.45) is -3.22. The number of alkyl halides is 3. The number of aliphatic hydroxyl groups excluding tert-OH is 1. The molecular weight excluding hydrogens is 405 g/mol. The fourth-order valence-corrected chi connectivity index (χ4v) is 3.58. The molecule has 4 rings (SSSR count). The van der Waals surface area contributed by atoms with Crippen LogP contribution in [0.4, 0.5) is 30.2 Å². The Bertz CT molecular complexity index is 1160. The van der Waals surface area contributed by atoms with Gasteiger partial charge >= 0.3 is 6.18 Å². The molecule has 1 aliphatic rings. The number of anilines is 2. The maximum absolute atomic E-state index is 13.3. The number of halogens is 3. The number of benzene rings is 3. The molecule has 1 N–H and O–H groups in total. The fourth-order valence-electron chi connectivity index (χ4n) is 3.58. The molecule has 0 atom stereocenters. The van der Waals surface area contributed by atoms with Gasteiger partial charge in [-0.05, 0) is 54.8 Å². The van der Waals surface area contributed by atoms with E-state index < -0.39 is 17.6 Å². The fraction of sp³-hybridized carbons (Fsp3) is 0.167. The quantitative estimate of drug-likeness (QED) is 0.594. The van der Waals surface area contributed by atoms with Crippen molar-refractivity contribution in [1.82, 2.24) is 0 Å². The second-order valence-corrected chi connectivity index (χ2v) is 7.16. The molecule has 4 nitrogen and oxygen atoms in total. The van der Waals surface area contributed by atoms with Crippen molar-refractivity contribution < 1.29 is 23.1 Å². The van der Waals surface area contributed by atoms with Gasteiger partial charge in [-0.25, -0.2) is 4.99 Å². The average Bonchev–Trinajstić information content (AvgIpc) is 3.03. The lowest BCUT2D eigenvalue weighted by Crippen LogP contribution is -2.25. The highest BCUT2D eigenvalue weighted by molar-refractivity contribution is 6.56. The molecule has 1 heterocycles. The largest absolute Gasteiger partial charge is 0.416 e. The molecule has 0 aromatic heterocycles. The van der Waals surface area contributed by atoms with E-state index in [0.717, 1.165) is 17.7 Å². The lowest BCUT2D eigenvalue weighted by Gasteiger charge is -2.18. The minimum atomic E-state index is -4.49. The number of para-hydroxylation sites is 1. The topological polar surface area (TPSA) is 52.9 Å². The van der Waals surface area contributed by atoms with Gasteiger partial charge in [-0.3, -0.25) is 9.69 Å². The highest BCUT2D eigenvalue weighted by Gasteiger charge is 2.35. The normalized spacial score (nSPS) is 14.9. The minimum Gasteiger partial charge on any atom is -0.396 e. The molecular formula is C24H19F3N2O2. The van der Waals surface area contributed by atoms with E-state index in [4.69, 9.17) is 5.11 Å². The van der Waals surface area contributed by atoms with Crippen molar-refractivity contribution in [3.63, 3.8) is 0 Å². The van der Waals surface area contributed by atoms with Gasteiger partial charge in [-0.1, -0.05) is 36.4 Å². The first-order chi connectivity index (χ1) is 14.9. The van der Waals surface area contributed by atoms with Crippen molar-refractivity contribution in [3.05, 3.63) is 89.5 Å². The number of amides is 1. The molecule has 1 aliphatic heterocycles. The van der Waals surface area contributed by atoms with E-state index in [-0.39, 0.29) is 18.0 Å². The SMILES string of the molecule is O=C1C(=Nc2cccc(C(F)(F)F)c2)c2ccccc2N1c1cccc(CCCO)c1. The first kappa shape index (κ1) is 20.8. The average molecular weight is 424 g/mol. The number of fused-ring (bicyclic) bond motifs is 1. The molecule has 0 unspecified atom stereocenters. The second kappa shape index (κ2) is 8.35. The number of nitrogens with zero attached hydrogens (tertiary/aromatic N) is 2. The van der Waals surface area contributed by atoms with Crippen molar-refractivity contribution in [3.8, 4) is 0 Å². The number of carbonyl (C=O) groups excluding carboxylic acids is 1. The van der Waals surface area contributed by atoms with E-state index in [2.05, 4.69) is 4.99 Å². The third-order valence-corrected chi connectivity index (χ3v) is 5.01. The van der Waals surface area contributed by atoms with Crippen LogP contribution in [0.3, 0.4) is 0 Å². The molecule has 0 spiro atoms. The van der Waals surface area contributed by atoms with E-state index in [9.17, 15) is 18.0 Å². The Morgan fingerprint density at radius 1 is 0.935 bits per heavy atom. The van der Waals surface area contributed by atoms with Gasteiger partial charge in [0.15, 0.2) is 0 Å². The number of hydrogen-bond acceptors (Lipinski definition) is 3. The van der Waals surface area contributed by atoms with Gasteiger partial charge in [-0.15, -0.1) is 0 Å². The molecule has 3 aromatic rings. The summed E-state index contributed by atoms with van der Waals surface area (Å²) in [6, 6.07) is 19.1. The van der Waals surface area contributed by atoms with Crippen LogP contribution in [0.2, 0.25) is 0 Å². The molecule has 31 heavy (non-hydrogen) atoms. The zero-order valence-electron chi connectivity index (χ0n) is 16.4. The maximum Gasteiger partial charge on any atom is 0.416 e. The highest BCUT2D eigenvalue weighted by Crippen LogP contribution is 2.37. The summed E-state index contributed by atoms with van der Waals surface area (Å²) in [5, 5.41) is 9.07. The van der Waals surface area contributed by atoms with E-state index >= 15 is 0 Å². The van der Waals surface area contributed by atoms with Gasteiger partial charge in [0, 0.05) is 17.9 Å². The highest BCUT2D eigenvalue weighted by atomic mass is 19.4. The standard InChI is InChI=1S/C24H19F3N2O2/c25-24(26,27)17-8-4-9-18(15-17)28-22-20-11-1-2-12-21(20)29(23(22)31)19-10-3-6-16(14-19)7-5-13-30/h1-4,6,8-12,14-15,30H,5,7,13H2. The first-order valence-electron chi connectivity index (χ1n) is 9.78. The molecule has 1 amide bonds. The molecule has 3 aromatic carbocycles. The van der Waals surface area contributed by atoms with Gasteiger partial charge in [0.1, 0.15) is 5.71 Å². The first-order valence-corrected chi connectivity index (χ1v) is 9.78. The number of hydrogen-bond donors (Lipinski definition) is 1. The van der Waals surface area contributed by atoms with Gasteiger partial charge < -0.3 is 5.11 Å². The van der Waals surface area contributed by atoms with E-state index in [1.807, 2.05) is 18.2 Å². The molecule has 0 aliphatic carbocycles. The summed E-state index contributed by atoms with van der Waals surface area (Å²) in [6.45, 7) is 0.0729. The number of aliphatic imine (C=N–C) groups is 1. The summed E-state index contributed by atoms with van der Waals surface area (Å²) in [5.41, 5.74) is 2.13. The third kappa shape index (κ3) is 4.22. The van der Waals surface area contributed by atoms with Crippen LogP contribution >= 0.6 is 0 Å². The van der Waals surface area contributed by atoms with Gasteiger partial charge in [0.05, 0.1) is 16.9 Å². The van der Waals surface area contributed by atoms with Crippen molar-refractivity contribution >= 4 is 28.7 Å². The molecule has 0 saturated carbocycles. The van der Waals surface area contributed by atoms with Crippen molar-refractivity contribution in [2.45, 2.75) is 19.0 Å². The maximum atomic E-state index is 13.3. The lowest BCUT2D eigenvalue weighted by molar-refractivity contribution is -0.137. The Labute approximate surface area is 177 Å². The number of carbonyl (C=O) groups is 1. The molecule has 0 fully saturated rings. The van der Waals surface area contributed by atoms with E-state index in [0.29, 0.717) is 29.8 Å². The minimum absolute atomic E-state index is 0.0616. The number of rotatable bonds is 5. The molecule has 0 bridgehead atoms. The van der Waals surface area contributed by atoms with Crippen LogP contribution in [-0.4, -0.2) is 23.3 Å². The zero-order chi connectivity index (χ0) is 22.0. The summed E-state index contributed by atoms with van der Waals surface area (Å²) < 4.78 is 39.2. The molecule has 7 heteroatoms. The Kier molecular flexibility index (Phi) is 5.61. The van der Waals surface area contributed by atoms with Crippen molar-refractivity contribution in [2.75, 3.05) is 11.5 Å². The number of aryl methyl sites for hydroxylation is 1. The van der Waals surface area contributed by atoms with Crippen LogP contribution in [0.15, 0.2) is 77.8 Å². The third-order valence-electron chi connectivity index (χ3n) is 5.01. The number of aliphatic hydroxyl groups is 1. The summed E-state index contributed by atoms with van der Waals surface area (Å²) in [5.74, 6) is -0.405. The summed E-state index contributed by atoms with van der Waals surface area (Å²) >= 11 is 0. The smallest absolute Gasteiger partial charge is 0.396 e. The Morgan fingerprint density at radius 2 is 1.71 bits per heavy atom. The molecule has 0 saturated heterocycles. The van der Waals surface area contributed by atoms with Gasteiger partial charge in [0.2, 0.25) is 0 Å². The van der Waals surface area contributed by atoms with Crippen molar-refractivity contribution in [2.24, 2.45) is 4.99 Å². The van der Waals surface area contributed by atoms with Gasteiger partial charge in [-0.2, -0.15) is 13.2 Å². The summed E-state index contributed by atoms with van der Waals surface area (Å²) in [7, 11) is 0. The summed E-state index contributed by atoms with van der Waals surface area (Å²) in [4.78, 5) is 19.1. The van der Waals surface area contributed by atoms with Crippen LogP contribution in [0.1, 0.15) is 23.1 Å². The van der Waals surface area contributed by atoms with E-state index in [1.54, 1.807) is 30.3 Å². The van der Waals surface area contributed by atoms with Crippen LogP contribution in [-0.2, 0) is 17.4 Å². The van der Waals surface area contributed by atoms with Crippen LogP contribution in [0.5, 0.6) is 0 Å². The van der Waals surface area contributed by atoms with Crippen LogP contribution in [0.25, 0.3) is 0 Å². The van der Waals surface area contributed by atoms with Crippen LogP contribution in [0, 0.1) is 0 Å². The lowest BCUT2D eigenvalue weighted by atomic mass is 10.1. The monoisotopic (exact) mass is 424 g/mol. The molecule has 158 valence electrons. The van der Waals surface area contributed by atoms with Crippen molar-refractivity contribution in [1.29, 1.82) is 0 Å². The predicted molar refractivity (Wildman–Crippen MR) is 113 cm³/mol. The Hall–Kier alpha value is -3.45. The Balaban J connectivity index is 1.76. The van der Waals surface area contributed by atoms with Gasteiger partial charge in [0.25, 0.3) is 5.91 Å².